The highest BCUT2D eigenvalue weighted by molar-refractivity contribution is 5.08. The standard InChI is InChI=1S/C13H22N2O3/c1-5-13(6-2,18-7-3)12-14-10(9-17-4)8-11(16)15-12/h8H,5-7,9H2,1-4H3,(H,14,15,16). The van der Waals surface area contributed by atoms with Gasteiger partial charge in [-0.2, -0.15) is 0 Å². The molecule has 0 saturated carbocycles. The van der Waals surface area contributed by atoms with Crippen molar-refractivity contribution in [3.05, 3.63) is 27.9 Å². The summed E-state index contributed by atoms with van der Waals surface area (Å²) in [5, 5.41) is 0. The van der Waals surface area contributed by atoms with Gasteiger partial charge in [0.05, 0.1) is 12.3 Å². The van der Waals surface area contributed by atoms with Gasteiger partial charge in [0.2, 0.25) is 0 Å². The molecule has 0 aliphatic carbocycles. The molecule has 0 radical (unpaired) electrons. The molecule has 0 unspecified atom stereocenters. The van der Waals surface area contributed by atoms with Crippen molar-refractivity contribution in [2.45, 2.75) is 45.8 Å². The normalized spacial score (nSPS) is 11.8. The van der Waals surface area contributed by atoms with Crippen LogP contribution in [0.2, 0.25) is 0 Å². The van der Waals surface area contributed by atoms with Gasteiger partial charge in [0.15, 0.2) is 0 Å². The fourth-order valence-electron chi connectivity index (χ4n) is 2.08. The topological polar surface area (TPSA) is 64.2 Å². The molecule has 1 aromatic rings. The summed E-state index contributed by atoms with van der Waals surface area (Å²) in [7, 11) is 1.58. The Morgan fingerprint density at radius 3 is 2.50 bits per heavy atom. The van der Waals surface area contributed by atoms with Crippen molar-refractivity contribution in [1.82, 2.24) is 9.97 Å². The summed E-state index contributed by atoms with van der Waals surface area (Å²) in [5.41, 5.74) is -0.0576. The molecule has 5 nitrogen and oxygen atoms in total. The molecule has 0 aliphatic heterocycles. The van der Waals surface area contributed by atoms with Gasteiger partial charge in [0.25, 0.3) is 5.56 Å². The van der Waals surface area contributed by atoms with Gasteiger partial charge in [-0.3, -0.25) is 4.79 Å². The average molecular weight is 254 g/mol. The molecule has 0 saturated heterocycles. The first-order valence-electron chi connectivity index (χ1n) is 6.35. The fraction of sp³-hybridized carbons (Fsp3) is 0.692. The first-order valence-corrected chi connectivity index (χ1v) is 6.35. The zero-order chi connectivity index (χ0) is 13.6. The van der Waals surface area contributed by atoms with E-state index < -0.39 is 5.60 Å². The van der Waals surface area contributed by atoms with Crippen LogP contribution in [0.25, 0.3) is 0 Å². The van der Waals surface area contributed by atoms with Crippen LogP contribution in [-0.2, 0) is 21.7 Å². The molecule has 1 N–H and O–H groups in total. The van der Waals surface area contributed by atoms with Crippen LogP contribution in [0.4, 0.5) is 0 Å². The third-order valence-corrected chi connectivity index (χ3v) is 3.08. The lowest BCUT2D eigenvalue weighted by molar-refractivity contribution is -0.0576. The molecule has 0 aromatic carbocycles. The molecule has 0 atom stereocenters. The number of nitrogens with zero attached hydrogens (tertiary/aromatic N) is 1. The summed E-state index contributed by atoms with van der Waals surface area (Å²) in [5.74, 6) is 0.592. The van der Waals surface area contributed by atoms with Crippen molar-refractivity contribution in [3.8, 4) is 0 Å². The minimum Gasteiger partial charge on any atom is -0.378 e. The highest BCUT2D eigenvalue weighted by Crippen LogP contribution is 2.29. The Bertz CT molecular complexity index is 424. The van der Waals surface area contributed by atoms with Crippen molar-refractivity contribution in [2.24, 2.45) is 0 Å². The number of rotatable bonds is 7. The zero-order valence-corrected chi connectivity index (χ0v) is 11.6. The summed E-state index contributed by atoms with van der Waals surface area (Å²) < 4.78 is 10.9. The van der Waals surface area contributed by atoms with E-state index in [1.807, 2.05) is 20.8 Å². The lowest BCUT2D eigenvalue weighted by Gasteiger charge is -2.30. The second-order valence-electron chi connectivity index (χ2n) is 4.15. The first kappa shape index (κ1) is 14.9. The van der Waals surface area contributed by atoms with E-state index in [1.54, 1.807) is 7.11 Å². The van der Waals surface area contributed by atoms with Gasteiger partial charge in [-0.25, -0.2) is 4.98 Å². The van der Waals surface area contributed by atoms with E-state index in [0.717, 1.165) is 12.8 Å². The Morgan fingerprint density at radius 2 is 2.00 bits per heavy atom. The van der Waals surface area contributed by atoms with E-state index in [9.17, 15) is 4.79 Å². The van der Waals surface area contributed by atoms with E-state index in [0.29, 0.717) is 24.7 Å². The minimum atomic E-state index is -0.516. The van der Waals surface area contributed by atoms with E-state index in [2.05, 4.69) is 9.97 Å². The third kappa shape index (κ3) is 3.17. The smallest absolute Gasteiger partial charge is 0.251 e. The van der Waals surface area contributed by atoms with Crippen LogP contribution in [0.1, 0.15) is 45.1 Å². The lowest BCUT2D eigenvalue weighted by atomic mass is 9.95. The van der Waals surface area contributed by atoms with Gasteiger partial charge in [0, 0.05) is 19.8 Å². The number of hydrogen-bond acceptors (Lipinski definition) is 4. The first-order chi connectivity index (χ1) is 8.61. The Kier molecular flexibility index (Phi) is 5.50. The predicted molar refractivity (Wildman–Crippen MR) is 69.5 cm³/mol. The number of methoxy groups -OCH3 is 1. The summed E-state index contributed by atoms with van der Waals surface area (Å²) in [6, 6.07) is 1.45. The molecule has 0 bridgehead atoms. The summed E-state index contributed by atoms with van der Waals surface area (Å²) >= 11 is 0. The molecular weight excluding hydrogens is 232 g/mol. The maximum atomic E-state index is 11.7. The molecule has 0 fully saturated rings. The van der Waals surface area contributed by atoms with Crippen molar-refractivity contribution in [3.63, 3.8) is 0 Å². The summed E-state index contributed by atoms with van der Waals surface area (Å²) in [6.07, 6.45) is 1.52. The summed E-state index contributed by atoms with van der Waals surface area (Å²) in [4.78, 5) is 18.9. The van der Waals surface area contributed by atoms with Crippen LogP contribution >= 0.6 is 0 Å². The average Bonchev–Trinajstić information content (AvgIpc) is 2.36. The zero-order valence-electron chi connectivity index (χ0n) is 11.6. The molecule has 1 heterocycles. The van der Waals surface area contributed by atoms with E-state index >= 15 is 0 Å². The molecule has 0 amide bonds. The molecule has 18 heavy (non-hydrogen) atoms. The van der Waals surface area contributed by atoms with Crippen LogP contribution in [0.15, 0.2) is 10.9 Å². The van der Waals surface area contributed by atoms with Gasteiger partial charge in [0.1, 0.15) is 11.4 Å². The number of aromatic nitrogens is 2. The third-order valence-electron chi connectivity index (χ3n) is 3.08. The summed E-state index contributed by atoms with van der Waals surface area (Å²) in [6.45, 7) is 6.91. The quantitative estimate of drug-likeness (QED) is 0.808. The number of aromatic amines is 1. The van der Waals surface area contributed by atoms with Crippen molar-refractivity contribution < 1.29 is 9.47 Å². The number of ether oxygens (including phenoxy) is 2. The maximum absolute atomic E-state index is 11.7. The van der Waals surface area contributed by atoms with Gasteiger partial charge in [-0.05, 0) is 19.8 Å². The van der Waals surface area contributed by atoms with E-state index in [-0.39, 0.29) is 5.56 Å². The highest BCUT2D eigenvalue weighted by Gasteiger charge is 2.32. The van der Waals surface area contributed by atoms with Crippen molar-refractivity contribution in [2.75, 3.05) is 13.7 Å². The number of hydrogen-bond donors (Lipinski definition) is 1. The molecule has 5 heteroatoms. The van der Waals surface area contributed by atoms with Crippen molar-refractivity contribution >= 4 is 0 Å². The van der Waals surface area contributed by atoms with Crippen LogP contribution < -0.4 is 5.56 Å². The van der Waals surface area contributed by atoms with Crippen LogP contribution in [0, 0.1) is 0 Å². The minimum absolute atomic E-state index is 0.168. The number of nitrogens with one attached hydrogen (secondary N) is 1. The van der Waals surface area contributed by atoms with Crippen LogP contribution in [0.5, 0.6) is 0 Å². The molecule has 1 aromatic heterocycles. The fourth-order valence-corrected chi connectivity index (χ4v) is 2.08. The van der Waals surface area contributed by atoms with Gasteiger partial charge in [-0.15, -0.1) is 0 Å². The Balaban J connectivity index is 3.23. The van der Waals surface area contributed by atoms with E-state index in [1.165, 1.54) is 6.07 Å². The van der Waals surface area contributed by atoms with Gasteiger partial charge < -0.3 is 14.5 Å². The van der Waals surface area contributed by atoms with Crippen molar-refractivity contribution in [1.29, 1.82) is 0 Å². The molecule has 0 aliphatic rings. The predicted octanol–water partition coefficient (Wildman–Crippen LogP) is 1.97. The van der Waals surface area contributed by atoms with Gasteiger partial charge >= 0.3 is 0 Å². The van der Waals surface area contributed by atoms with E-state index in [4.69, 9.17) is 9.47 Å². The number of H-pyrrole nitrogens is 1. The Labute approximate surface area is 108 Å². The van der Waals surface area contributed by atoms with Gasteiger partial charge in [-0.1, -0.05) is 13.8 Å². The second kappa shape index (κ2) is 6.66. The largest absolute Gasteiger partial charge is 0.378 e. The Hall–Kier alpha value is -1.20. The maximum Gasteiger partial charge on any atom is 0.251 e. The van der Waals surface area contributed by atoms with Crippen LogP contribution in [-0.4, -0.2) is 23.7 Å². The lowest BCUT2D eigenvalue weighted by Crippen LogP contribution is -2.33. The molecular formula is C13H22N2O3. The molecule has 0 spiro atoms. The second-order valence-corrected chi connectivity index (χ2v) is 4.15. The SMILES string of the molecule is CCOC(CC)(CC)c1nc(COC)cc(=O)[nH]1. The highest BCUT2D eigenvalue weighted by atomic mass is 16.5. The van der Waals surface area contributed by atoms with Crippen LogP contribution in [0.3, 0.4) is 0 Å². The Morgan fingerprint density at radius 1 is 1.33 bits per heavy atom. The monoisotopic (exact) mass is 254 g/mol. The molecule has 102 valence electrons. The molecule has 1 rings (SSSR count).